The highest BCUT2D eigenvalue weighted by atomic mass is 16.6. The molecule has 2 rings (SSSR count). The Kier molecular flexibility index (Phi) is 3.47. The van der Waals surface area contributed by atoms with Gasteiger partial charge in [0.2, 0.25) is 0 Å². The summed E-state index contributed by atoms with van der Waals surface area (Å²) in [7, 11) is 0. The van der Waals surface area contributed by atoms with E-state index in [1.807, 2.05) is 6.92 Å². The van der Waals surface area contributed by atoms with Gasteiger partial charge in [0.05, 0.1) is 16.9 Å². The Balaban J connectivity index is 2.25. The fourth-order valence-corrected chi connectivity index (χ4v) is 2.24. The average molecular weight is 246 g/mol. The van der Waals surface area contributed by atoms with E-state index in [9.17, 15) is 10.1 Å². The number of hydrogen-bond donors (Lipinski definition) is 0. The first-order valence-corrected chi connectivity index (χ1v) is 5.93. The molecule has 0 amide bonds. The van der Waals surface area contributed by atoms with E-state index < -0.39 is 4.92 Å². The van der Waals surface area contributed by atoms with Crippen LogP contribution in [0.2, 0.25) is 0 Å². The SMILES string of the molecule is Cc1ccc([N+](=O)[O-])c(OC2CCCC2C#N)c1. The van der Waals surface area contributed by atoms with E-state index in [1.54, 1.807) is 12.1 Å². The van der Waals surface area contributed by atoms with Crippen LogP contribution in [0.1, 0.15) is 24.8 Å². The van der Waals surface area contributed by atoms with E-state index in [0.717, 1.165) is 24.8 Å². The molecule has 0 N–H and O–H groups in total. The van der Waals surface area contributed by atoms with Crippen LogP contribution in [0.25, 0.3) is 0 Å². The molecular formula is C13H14N2O3. The van der Waals surface area contributed by atoms with Gasteiger partial charge in [0.1, 0.15) is 6.10 Å². The maximum absolute atomic E-state index is 10.9. The van der Waals surface area contributed by atoms with Crippen LogP contribution in [0.3, 0.4) is 0 Å². The first kappa shape index (κ1) is 12.4. The lowest BCUT2D eigenvalue weighted by atomic mass is 10.1. The van der Waals surface area contributed by atoms with E-state index in [-0.39, 0.29) is 23.5 Å². The van der Waals surface area contributed by atoms with Crippen molar-refractivity contribution < 1.29 is 9.66 Å². The molecule has 1 aliphatic rings. The number of hydrogen-bond acceptors (Lipinski definition) is 4. The normalized spacial score (nSPS) is 22.4. The van der Waals surface area contributed by atoms with Gasteiger partial charge in [-0.1, -0.05) is 6.07 Å². The number of ether oxygens (including phenoxy) is 1. The fraction of sp³-hybridized carbons (Fsp3) is 0.462. The van der Waals surface area contributed by atoms with Gasteiger partial charge in [-0.3, -0.25) is 10.1 Å². The van der Waals surface area contributed by atoms with Crippen molar-refractivity contribution in [3.8, 4) is 11.8 Å². The Hall–Kier alpha value is -2.09. The van der Waals surface area contributed by atoms with Gasteiger partial charge >= 0.3 is 5.69 Å². The molecule has 2 unspecified atom stereocenters. The van der Waals surface area contributed by atoms with Crippen LogP contribution in [0.15, 0.2) is 18.2 Å². The predicted molar refractivity (Wildman–Crippen MR) is 65.2 cm³/mol. The zero-order valence-corrected chi connectivity index (χ0v) is 10.1. The maximum Gasteiger partial charge on any atom is 0.310 e. The number of nitro benzene ring substituents is 1. The first-order chi connectivity index (χ1) is 8.61. The molecule has 0 heterocycles. The fourth-order valence-electron chi connectivity index (χ4n) is 2.24. The maximum atomic E-state index is 10.9. The third-order valence-electron chi connectivity index (χ3n) is 3.21. The summed E-state index contributed by atoms with van der Waals surface area (Å²) in [5.74, 6) is 0.109. The second kappa shape index (κ2) is 5.05. The molecule has 0 spiro atoms. The van der Waals surface area contributed by atoms with E-state index in [4.69, 9.17) is 10.00 Å². The minimum Gasteiger partial charge on any atom is -0.482 e. The van der Waals surface area contributed by atoms with Crippen molar-refractivity contribution >= 4 is 5.69 Å². The molecule has 0 bridgehead atoms. The zero-order valence-electron chi connectivity index (χ0n) is 10.1. The Bertz CT molecular complexity index is 507. The van der Waals surface area contributed by atoms with E-state index in [1.165, 1.54) is 6.07 Å². The van der Waals surface area contributed by atoms with Gasteiger partial charge in [0.15, 0.2) is 5.75 Å². The highest BCUT2D eigenvalue weighted by Crippen LogP contribution is 2.34. The van der Waals surface area contributed by atoms with Crippen LogP contribution in [0, 0.1) is 34.3 Å². The van der Waals surface area contributed by atoms with Gasteiger partial charge in [-0.25, -0.2) is 0 Å². The summed E-state index contributed by atoms with van der Waals surface area (Å²) in [4.78, 5) is 10.5. The molecule has 94 valence electrons. The minimum absolute atomic E-state index is 0.0378. The van der Waals surface area contributed by atoms with E-state index in [0.29, 0.717) is 0 Å². The third kappa shape index (κ3) is 2.43. The molecule has 5 nitrogen and oxygen atoms in total. The molecule has 1 aromatic carbocycles. The molecule has 5 heteroatoms. The molecule has 0 radical (unpaired) electrons. The largest absolute Gasteiger partial charge is 0.482 e. The van der Waals surface area contributed by atoms with Gasteiger partial charge in [0.25, 0.3) is 0 Å². The van der Waals surface area contributed by atoms with Crippen LogP contribution in [-0.2, 0) is 0 Å². The Morgan fingerprint density at radius 3 is 2.94 bits per heavy atom. The molecule has 0 saturated heterocycles. The van der Waals surface area contributed by atoms with Crippen LogP contribution >= 0.6 is 0 Å². The lowest BCUT2D eigenvalue weighted by Gasteiger charge is -2.16. The monoisotopic (exact) mass is 246 g/mol. The Labute approximate surface area is 105 Å². The van der Waals surface area contributed by atoms with Crippen molar-refractivity contribution in [3.63, 3.8) is 0 Å². The summed E-state index contributed by atoms with van der Waals surface area (Å²) in [5.41, 5.74) is 0.867. The van der Waals surface area contributed by atoms with Crippen LogP contribution in [0.5, 0.6) is 5.75 Å². The van der Waals surface area contributed by atoms with Crippen molar-refractivity contribution in [2.75, 3.05) is 0 Å². The standard InChI is InChI=1S/C13H14N2O3/c1-9-5-6-11(15(16)17)13(7-9)18-12-4-2-3-10(12)8-14/h5-7,10,12H,2-4H2,1H3. The van der Waals surface area contributed by atoms with Crippen LogP contribution in [0.4, 0.5) is 5.69 Å². The predicted octanol–water partition coefficient (Wildman–Crippen LogP) is 2.97. The van der Waals surface area contributed by atoms with Gasteiger partial charge in [-0.2, -0.15) is 5.26 Å². The Morgan fingerprint density at radius 2 is 2.28 bits per heavy atom. The second-order valence-corrected chi connectivity index (χ2v) is 4.55. The van der Waals surface area contributed by atoms with Crippen molar-refractivity contribution in [1.29, 1.82) is 5.26 Å². The molecule has 18 heavy (non-hydrogen) atoms. The number of benzene rings is 1. The highest BCUT2D eigenvalue weighted by Gasteiger charge is 2.30. The van der Waals surface area contributed by atoms with E-state index >= 15 is 0 Å². The summed E-state index contributed by atoms with van der Waals surface area (Å²) in [6.07, 6.45) is 2.29. The molecule has 0 aliphatic heterocycles. The van der Waals surface area contributed by atoms with E-state index in [2.05, 4.69) is 6.07 Å². The number of nitriles is 1. The summed E-state index contributed by atoms with van der Waals surface area (Å²) in [6, 6.07) is 6.99. The van der Waals surface area contributed by atoms with Crippen molar-refractivity contribution in [1.82, 2.24) is 0 Å². The number of rotatable bonds is 3. The van der Waals surface area contributed by atoms with Gasteiger partial charge < -0.3 is 4.74 Å². The van der Waals surface area contributed by atoms with Crippen LogP contribution in [-0.4, -0.2) is 11.0 Å². The summed E-state index contributed by atoms with van der Waals surface area (Å²) in [6.45, 7) is 1.85. The quantitative estimate of drug-likeness (QED) is 0.606. The van der Waals surface area contributed by atoms with Crippen molar-refractivity contribution in [3.05, 3.63) is 33.9 Å². The lowest BCUT2D eigenvalue weighted by Crippen LogP contribution is -2.20. The molecule has 1 aromatic rings. The smallest absolute Gasteiger partial charge is 0.310 e. The van der Waals surface area contributed by atoms with Gasteiger partial charge in [-0.15, -0.1) is 0 Å². The van der Waals surface area contributed by atoms with Gasteiger partial charge in [0, 0.05) is 6.07 Å². The molecule has 1 saturated carbocycles. The molecular weight excluding hydrogens is 232 g/mol. The second-order valence-electron chi connectivity index (χ2n) is 4.55. The minimum atomic E-state index is -0.453. The summed E-state index contributed by atoms with van der Waals surface area (Å²) < 4.78 is 5.69. The first-order valence-electron chi connectivity index (χ1n) is 5.93. The topological polar surface area (TPSA) is 76.2 Å². The third-order valence-corrected chi connectivity index (χ3v) is 3.21. The van der Waals surface area contributed by atoms with Crippen LogP contribution < -0.4 is 4.74 Å². The zero-order chi connectivity index (χ0) is 13.1. The average Bonchev–Trinajstić information content (AvgIpc) is 2.76. The lowest BCUT2D eigenvalue weighted by molar-refractivity contribution is -0.386. The number of nitrogens with zero attached hydrogens (tertiary/aromatic N) is 2. The van der Waals surface area contributed by atoms with Crippen molar-refractivity contribution in [2.24, 2.45) is 5.92 Å². The number of aryl methyl sites for hydroxylation is 1. The highest BCUT2D eigenvalue weighted by molar-refractivity contribution is 5.48. The summed E-state index contributed by atoms with van der Waals surface area (Å²) >= 11 is 0. The van der Waals surface area contributed by atoms with Gasteiger partial charge in [-0.05, 0) is 37.8 Å². The Morgan fingerprint density at radius 1 is 1.50 bits per heavy atom. The number of nitro groups is 1. The summed E-state index contributed by atoms with van der Waals surface area (Å²) in [5, 5.41) is 19.9. The molecule has 1 fully saturated rings. The molecule has 1 aliphatic carbocycles. The molecule has 0 aromatic heterocycles. The van der Waals surface area contributed by atoms with Crippen molar-refractivity contribution in [2.45, 2.75) is 32.3 Å². The molecule has 2 atom stereocenters.